The van der Waals surface area contributed by atoms with Crippen LogP contribution in [0.2, 0.25) is 0 Å². The molecule has 0 aliphatic carbocycles. The summed E-state index contributed by atoms with van der Waals surface area (Å²) in [5, 5.41) is 4.59. The van der Waals surface area contributed by atoms with Crippen molar-refractivity contribution >= 4 is 38.8 Å². The van der Waals surface area contributed by atoms with Crippen LogP contribution in [0.1, 0.15) is 19.8 Å². The molecule has 0 bridgehead atoms. The minimum absolute atomic E-state index is 0.00283. The van der Waals surface area contributed by atoms with E-state index in [0.29, 0.717) is 11.3 Å². The zero-order chi connectivity index (χ0) is 17.4. The summed E-state index contributed by atoms with van der Waals surface area (Å²) in [5.74, 6) is 0.673. The smallest absolute Gasteiger partial charge is 0.263 e. The van der Waals surface area contributed by atoms with E-state index >= 15 is 0 Å². The predicted molar refractivity (Wildman–Crippen MR) is 102 cm³/mol. The van der Waals surface area contributed by atoms with Crippen LogP contribution in [0.15, 0.2) is 34.0 Å². The van der Waals surface area contributed by atoms with Crippen LogP contribution in [0.4, 0.5) is 0 Å². The summed E-state index contributed by atoms with van der Waals surface area (Å²) in [7, 11) is 0. The Balaban J connectivity index is 1.64. The molecule has 0 spiro atoms. The lowest BCUT2D eigenvalue weighted by atomic mass is 9.99. The van der Waals surface area contributed by atoms with Gasteiger partial charge >= 0.3 is 0 Å². The van der Waals surface area contributed by atoms with E-state index in [1.54, 1.807) is 11.3 Å². The molecule has 4 rings (SSSR count). The number of piperidine rings is 1. The highest BCUT2D eigenvalue weighted by atomic mass is 32.1. The molecule has 3 aromatic rings. The van der Waals surface area contributed by atoms with Crippen LogP contribution < -0.4 is 5.56 Å². The van der Waals surface area contributed by atoms with Crippen molar-refractivity contribution < 1.29 is 4.79 Å². The van der Waals surface area contributed by atoms with Crippen molar-refractivity contribution in [1.82, 2.24) is 14.5 Å². The Morgan fingerprint density at radius 1 is 1.32 bits per heavy atom. The van der Waals surface area contributed by atoms with Crippen LogP contribution in [0.25, 0.3) is 20.7 Å². The van der Waals surface area contributed by atoms with E-state index in [0.717, 1.165) is 41.2 Å². The molecule has 130 valence electrons. The van der Waals surface area contributed by atoms with Gasteiger partial charge in [-0.05, 0) is 30.2 Å². The fourth-order valence-corrected chi connectivity index (χ4v) is 4.92. The Labute approximate surface area is 153 Å². The Morgan fingerprint density at radius 2 is 2.12 bits per heavy atom. The van der Waals surface area contributed by atoms with Crippen molar-refractivity contribution in [3.8, 4) is 10.4 Å². The summed E-state index contributed by atoms with van der Waals surface area (Å²) in [4.78, 5) is 33.5. The Morgan fingerprint density at radius 3 is 2.84 bits per heavy atom. The number of hydrogen-bond donors (Lipinski definition) is 0. The standard InChI is InChI=1S/C18H19N3O2S2/c1-12-4-6-20(7-5-12)15(22)9-21-11-19-17-16(18(21)23)13(10-25-17)14-3-2-8-24-14/h2-3,8,10-12H,4-7,9H2,1H3. The number of nitrogens with zero attached hydrogens (tertiary/aromatic N) is 3. The Bertz CT molecular complexity index is 951. The highest BCUT2D eigenvalue weighted by Crippen LogP contribution is 2.33. The van der Waals surface area contributed by atoms with Crippen LogP contribution in [-0.4, -0.2) is 33.4 Å². The van der Waals surface area contributed by atoms with Crippen molar-refractivity contribution in [1.29, 1.82) is 0 Å². The molecule has 25 heavy (non-hydrogen) atoms. The maximum Gasteiger partial charge on any atom is 0.263 e. The van der Waals surface area contributed by atoms with Gasteiger partial charge in [0.1, 0.15) is 11.4 Å². The highest BCUT2D eigenvalue weighted by Gasteiger charge is 2.21. The first-order valence-electron chi connectivity index (χ1n) is 8.42. The molecule has 0 unspecified atom stereocenters. The highest BCUT2D eigenvalue weighted by molar-refractivity contribution is 7.18. The first-order valence-corrected chi connectivity index (χ1v) is 10.2. The van der Waals surface area contributed by atoms with E-state index in [2.05, 4.69) is 11.9 Å². The minimum Gasteiger partial charge on any atom is -0.341 e. The average molecular weight is 374 g/mol. The molecular formula is C18H19N3O2S2. The second-order valence-corrected chi connectivity index (χ2v) is 8.35. The van der Waals surface area contributed by atoms with Crippen LogP contribution >= 0.6 is 22.7 Å². The molecule has 0 atom stereocenters. The first-order chi connectivity index (χ1) is 12.1. The lowest BCUT2D eigenvalue weighted by Gasteiger charge is -2.30. The van der Waals surface area contributed by atoms with Crippen LogP contribution in [0.5, 0.6) is 0 Å². The van der Waals surface area contributed by atoms with Crippen molar-refractivity contribution in [2.75, 3.05) is 13.1 Å². The fourth-order valence-electron chi connectivity index (χ4n) is 3.20. The molecule has 3 aromatic heterocycles. The molecule has 1 amide bonds. The average Bonchev–Trinajstić information content (AvgIpc) is 3.27. The summed E-state index contributed by atoms with van der Waals surface area (Å²) in [6, 6.07) is 3.97. The van der Waals surface area contributed by atoms with Gasteiger partial charge < -0.3 is 4.90 Å². The van der Waals surface area contributed by atoms with Crippen LogP contribution in [-0.2, 0) is 11.3 Å². The third-order valence-corrected chi connectivity index (χ3v) is 6.58. The quantitative estimate of drug-likeness (QED) is 0.707. The van der Waals surface area contributed by atoms with Crippen molar-refractivity contribution in [2.45, 2.75) is 26.3 Å². The molecule has 5 nitrogen and oxygen atoms in total. The molecule has 1 aliphatic rings. The van der Waals surface area contributed by atoms with Gasteiger partial charge in [0.2, 0.25) is 5.91 Å². The molecule has 1 aliphatic heterocycles. The number of rotatable bonds is 3. The van der Waals surface area contributed by atoms with Gasteiger partial charge in [0.15, 0.2) is 0 Å². The summed E-state index contributed by atoms with van der Waals surface area (Å²) in [5.41, 5.74) is 0.787. The molecule has 0 saturated carbocycles. The SMILES string of the molecule is CC1CCN(C(=O)Cn2cnc3scc(-c4cccs4)c3c2=O)CC1. The van der Waals surface area contributed by atoms with E-state index in [1.165, 1.54) is 22.2 Å². The number of hydrogen-bond acceptors (Lipinski definition) is 5. The monoisotopic (exact) mass is 373 g/mol. The summed E-state index contributed by atoms with van der Waals surface area (Å²) in [6.45, 7) is 3.84. The number of amides is 1. The molecule has 4 heterocycles. The van der Waals surface area contributed by atoms with Gasteiger partial charge in [-0.3, -0.25) is 14.2 Å². The molecule has 1 saturated heterocycles. The lowest BCUT2D eigenvalue weighted by Crippen LogP contribution is -2.41. The van der Waals surface area contributed by atoms with Gasteiger partial charge in [-0.1, -0.05) is 13.0 Å². The van der Waals surface area contributed by atoms with Crippen molar-refractivity contribution in [3.05, 3.63) is 39.6 Å². The lowest BCUT2D eigenvalue weighted by molar-refractivity contribution is -0.133. The summed E-state index contributed by atoms with van der Waals surface area (Å²) in [6.07, 6.45) is 3.57. The number of aromatic nitrogens is 2. The Hall–Kier alpha value is -1.99. The number of carbonyl (C=O) groups is 1. The largest absolute Gasteiger partial charge is 0.341 e. The van der Waals surface area contributed by atoms with Gasteiger partial charge in [0, 0.05) is 28.9 Å². The number of thiophene rings is 2. The zero-order valence-electron chi connectivity index (χ0n) is 14.0. The minimum atomic E-state index is -0.131. The molecule has 7 heteroatoms. The molecule has 0 N–H and O–H groups in total. The van der Waals surface area contributed by atoms with Gasteiger partial charge in [0.25, 0.3) is 5.56 Å². The number of likely N-dealkylation sites (tertiary alicyclic amines) is 1. The summed E-state index contributed by atoms with van der Waals surface area (Å²) >= 11 is 3.07. The van der Waals surface area contributed by atoms with Gasteiger partial charge in [-0.15, -0.1) is 22.7 Å². The summed E-state index contributed by atoms with van der Waals surface area (Å²) < 4.78 is 1.45. The fraction of sp³-hybridized carbons (Fsp3) is 0.389. The van der Waals surface area contributed by atoms with E-state index < -0.39 is 0 Å². The van der Waals surface area contributed by atoms with E-state index in [9.17, 15) is 9.59 Å². The molecule has 1 fully saturated rings. The first kappa shape index (κ1) is 16.5. The van der Waals surface area contributed by atoms with Crippen molar-refractivity contribution in [2.24, 2.45) is 5.92 Å². The predicted octanol–water partition coefficient (Wildman–Crippen LogP) is 3.45. The third-order valence-electron chi connectivity index (χ3n) is 4.79. The van der Waals surface area contributed by atoms with E-state index in [1.807, 2.05) is 27.8 Å². The number of carbonyl (C=O) groups excluding carboxylic acids is 1. The Kier molecular flexibility index (Phi) is 4.43. The maximum atomic E-state index is 12.9. The maximum absolute atomic E-state index is 12.9. The van der Waals surface area contributed by atoms with E-state index in [-0.39, 0.29) is 18.0 Å². The van der Waals surface area contributed by atoms with E-state index in [4.69, 9.17) is 0 Å². The topological polar surface area (TPSA) is 55.2 Å². The van der Waals surface area contributed by atoms with Crippen LogP contribution in [0, 0.1) is 5.92 Å². The van der Waals surface area contributed by atoms with Gasteiger partial charge in [-0.2, -0.15) is 0 Å². The molecule has 0 radical (unpaired) electrons. The molecular weight excluding hydrogens is 354 g/mol. The molecule has 0 aromatic carbocycles. The number of fused-ring (bicyclic) bond motifs is 1. The second kappa shape index (κ2) is 6.72. The third kappa shape index (κ3) is 3.14. The normalized spacial score (nSPS) is 15.8. The van der Waals surface area contributed by atoms with Gasteiger partial charge in [-0.25, -0.2) is 4.98 Å². The van der Waals surface area contributed by atoms with Crippen molar-refractivity contribution in [3.63, 3.8) is 0 Å². The second-order valence-electron chi connectivity index (χ2n) is 6.55. The van der Waals surface area contributed by atoms with Gasteiger partial charge in [0.05, 0.1) is 11.7 Å². The van der Waals surface area contributed by atoms with Crippen LogP contribution in [0.3, 0.4) is 0 Å². The zero-order valence-corrected chi connectivity index (χ0v) is 15.6.